The standard InChI is InChI=1S/C11H14N2O/c12-7-9(8-13)10-5-3-1-2-4-6-11(10)14/h9-10H,1-6H2/t10-/m0/s1. The highest BCUT2D eigenvalue weighted by atomic mass is 16.1. The summed E-state index contributed by atoms with van der Waals surface area (Å²) in [5.41, 5.74) is 0. The number of hydrogen-bond acceptors (Lipinski definition) is 3. The summed E-state index contributed by atoms with van der Waals surface area (Å²) in [6.07, 6.45) is 5.36. The first-order valence-corrected chi connectivity index (χ1v) is 5.11. The average Bonchev–Trinajstić information content (AvgIpc) is 2.18. The van der Waals surface area contributed by atoms with Gasteiger partial charge in [-0.3, -0.25) is 4.79 Å². The molecule has 1 aliphatic carbocycles. The van der Waals surface area contributed by atoms with E-state index in [2.05, 4.69) is 0 Å². The summed E-state index contributed by atoms with van der Waals surface area (Å²) in [7, 11) is 0. The molecule has 14 heavy (non-hydrogen) atoms. The Bertz CT molecular complexity index is 271. The van der Waals surface area contributed by atoms with E-state index in [1.807, 2.05) is 12.1 Å². The Morgan fingerprint density at radius 2 is 1.79 bits per heavy atom. The van der Waals surface area contributed by atoms with Crippen LogP contribution in [0.25, 0.3) is 0 Å². The van der Waals surface area contributed by atoms with Crippen LogP contribution in [0.4, 0.5) is 0 Å². The maximum atomic E-state index is 11.6. The van der Waals surface area contributed by atoms with Gasteiger partial charge in [0.15, 0.2) is 0 Å². The molecule has 74 valence electrons. The smallest absolute Gasteiger partial charge is 0.143 e. The lowest BCUT2D eigenvalue weighted by Crippen LogP contribution is -2.23. The quantitative estimate of drug-likeness (QED) is 0.636. The highest BCUT2D eigenvalue weighted by molar-refractivity contribution is 5.82. The molecule has 3 nitrogen and oxygen atoms in total. The maximum absolute atomic E-state index is 11.6. The summed E-state index contributed by atoms with van der Waals surface area (Å²) in [5.74, 6) is -0.955. The summed E-state index contributed by atoms with van der Waals surface area (Å²) in [6.45, 7) is 0. The molecule has 1 atom stereocenters. The topological polar surface area (TPSA) is 64.7 Å². The van der Waals surface area contributed by atoms with Crippen LogP contribution in [0, 0.1) is 34.5 Å². The van der Waals surface area contributed by atoms with E-state index in [0.29, 0.717) is 12.8 Å². The van der Waals surface area contributed by atoms with E-state index in [9.17, 15) is 4.79 Å². The number of hydrogen-bond donors (Lipinski definition) is 0. The van der Waals surface area contributed by atoms with E-state index in [4.69, 9.17) is 10.5 Å². The van der Waals surface area contributed by atoms with Gasteiger partial charge in [0.1, 0.15) is 11.7 Å². The summed E-state index contributed by atoms with van der Waals surface area (Å²) < 4.78 is 0. The first-order valence-electron chi connectivity index (χ1n) is 5.11. The second kappa shape index (κ2) is 5.40. The Morgan fingerprint density at radius 3 is 2.43 bits per heavy atom. The van der Waals surface area contributed by atoms with Crippen molar-refractivity contribution in [2.24, 2.45) is 11.8 Å². The largest absolute Gasteiger partial charge is 0.299 e. The van der Waals surface area contributed by atoms with Crippen molar-refractivity contribution in [2.75, 3.05) is 0 Å². The number of Topliss-reactive ketones (excluding diaryl/α,β-unsaturated/α-hetero) is 1. The molecule has 0 spiro atoms. The molecule has 0 aromatic rings. The fourth-order valence-corrected chi connectivity index (χ4v) is 1.92. The van der Waals surface area contributed by atoms with Crippen LogP contribution in [0.1, 0.15) is 38.5 Å². The van der Waals surface area contributed by atoms with Gasteiger partial charge in [-0.1, -0.05) is 19.3 Å². The molecule has 0 N–H and O–H groups in total. The van der Waals surface area contributed by atoms with Crippen LogP contribution in [0.15, 0.2) is 0 Å². The highest BCUT2D eigenvalue weighted by Gasteiger charge is 2.28. The first kappa shape index (κ1) is 10.7. The number of carbonyl (C=O) groups excluding carboxylic acids is 1. The third kappa shape index (κ3) is 2.57. The van der Waals surface area contributed by atoms with E-state index in [0.717, 1.165) is 25.7 Å². The lowest BCUT2D eigenvalue weighted by atomic mass is 9.82. The maximum Gasteiger partial charge on any atom is 0.143 e. The van der Waals surface area contributed by atoms with Crippen molar-refractivity contribution in [2.45, 2.75) is 38.5 Å². The van der Waals surface area contributed by atoms with E-state index in [1.165, 1.54) is 0 Å². The highest BCUT2D eigenvalue weighted by Crippen LogP contribution is 2.25. The molecule has 0 heterocycles. The molecule has 0 amide bonds. The molecule has 1 saturated carbocycles. The summed E-state index contributed by atoms with van der Waals surface area (Å²) in [5, 5.41) is 17.5. The molecule has 0 aromatic heterocycles. The molecule has 1 rings (SSSR count). The van der Waals surface area contributed by atoms with Crippen molar-refractivity contribution < 1.29 is 4.79 Å². The summed E-state index contributed by atoms with van der Waals surface area (Å²) >= 11 is 0. The van der Waals surface area contributed by atoms with Gasteiger partial charge in [0.2, 0.25) is 0 Å². The Kier molecular flexibility index (Phi) is 4.13. The monoisotopic (exact) mass is 190 g/mol. The van der Waals surface area contributed by atoms with Crippen LogP contribution in [-0.2, 0) is 4.79 Å². The lowest BCUT2D eigenvalue weighted by Gasteiger charge is -2.18. The zero-order chi connectivity index (χ0) is 10.4. The second-order valence-corrected chi connectivity index (χ2v) is 3.76. The number of carbonyl (C=O) groups is 1. The SMILES string of the molecule is N#CC(C#N)[C@@H]1CCCCCCC1=O. The molecule has 1 aliphatic rings. The van der Waals surface area contributed by atoms with Crippen molar-refractivity contribution in [1.29, 1.82) is 10.5 Å². The number of nitriles is 2. The molecular weight excluding hydrogens is 176 g/mol. The van der Waals surface area contributed by atoms with E-state index < -0.39 is 5.92 Å². The van der Waals surface area contributed by atoms with Crippen LogP contribution < -0.4 is 0 Å². The molecule has 0 aliphatic heterocycles. The van der Waals surface area contributed by atoms with Gasteiger partial charge in [-0.25, -0.2) is 0 Å². The minimum atomic E-state index is -0.736. The third-order valence-electron chi connectivity index (χ3n) is 2.78. The molecule has 0 radical (unpaired) electrons. The predicted molar refractivity (Wildman–Crippen MR) is 50.9 cm³/mol. The fraction of sp³-hybridized carbons (Fsp3) is 0.727. The van der Waals surface area contributed by atoms with Gasteiger partial charge in [-0.2, -0.15) is 10.5 Å². The van der Waals surface area contributed by atoms with E-state index in [1.54, 1.807) is 0 Å². The predicted octanol–water partition coefficient (Wildman–Crippen LogP) is 2.19. The Hall–Kier alpha value is -1.35. The normalized spacial score (nSPS) is 23.4. The molecule has 1 fully saturated rings. The summed E-state index contributed by atoms with van der Waals surface area (Å²) in [4.78, 5) is 11.6. The molecule has 0 bridgehead atoms. The van der Waals surface area contributed by atoms with Gasteiger partial charge < -0.3 is 0 Å². The minimum absolute atomic E-state index is 0.109. The second-order valence-electron chi connectivity index (χ2n) is 3.76. The molecule has 0 saturated heterocycles. The van der Waals surface area contributed by atoms with Crippen molar-refractivity contribution in [3.05, 3.63) is 0 Å². The first-order chi connectivity index (χ1) is 6.79. The van der Waals surface area contributed by atoms with E-state index in [-0.39, 0.29) is 11.7 Å². The van der Waals surface area contributed by atoms with Gasteiger partial charge >= 0.3 is 0 Å². The number of rotatable bonds is 1. The van der Waals surface area contributed by atoms with E-state index >= 15 is 0 Å². The molecule has 0 unspecified atom stereocenters. The fourth-order valence-electron chi connectivity index (χ4n) is 1.92. The Morgan fingerprint density at radius 1 is 1.14 bits per heavy atom. The van der Waals surface area contributed by atoms with Crippen LogP contribution in [-0.4, -0.2) is 5.78 Å². The Balaban J connectivity index is 2.68. The van der Waals surface area contributed by atoms with Crippen LogP contribution >= 0.6 is 0 Å². The summed E-state index contributed by atoms with van der Waals surface area (Å²) in [6, 6.07) is 3.84. The number of nitrogens with zero attached hydrogens (tertiary/aromatic N) is 2. The van der Waals surface area contributed by atoms with Crippen molar-refractivity contribution >= 4 is 5.78 Å². The van der Waals surface area contributed by atoms with Gasteiger partial charge in [0.05, 0.1) is 12.1 Å². The zero-order valence-electron chi connectivity index (χ0n) is 8.20. The van der Waals surface area contributed by atoms with Gasteiger partial charge in [0.25, 0.3) is 0 Å². The Labute approximate surface area is 84.3 Å². The van der Waals surface area contributed by atoms with Gasteiger partial charge in [-0.05, 0) is 12.8 Å². The van der Waals surface area contributed by atoms with Gasteiger partial charge in [-0.15, -0.1) is 0 Å². The van der Waals surface area contributed by atoms with Crippen molar-refractivity contribution in [3.8, 4) is 12.1 Å². The molecule has 0 aromatic carbocycles. The van der Waals surface area contributed by atoms with Crippen LogP contribution in [0.5, 0.6) is 0 Å². The van der Waals surface area contributed by atoms with Gasteiger partial charge in [0, 0.05) is 12.3 Å². The third-order valence-corrected chi connectivity index (χ3v) is 2.78. The van der Waals surface area contributed by atoms with Crippen LogP contribution in [0.3, 0.4) is 0 Å². The van der Waals surface area contributed by atoms with Crippen LogP contribution in [0.2, 0.25) is 0 Å². The number of ketones is 1. The van der Waals surface area contributed by atoms with Crippen molar-refractivity contribution in [3.63, 3.8) is 0 Å². The zero-order valence-corrected chi connectivity index (χ0v) is 8.20. The van der Waals surface area contributed by atoms with Crippen molar-refractivity contribution in [1.82, 2.24) is 0 Å². The minimum Gasteiger partial charge on any atom is -0.299 e. The molecular formula is C11H14N2O. The average molecular weight is 190 g/mol. The molecule has 3 heteroatoms. The lowest BCUT2D eigenvalue weighted by molar-refractivity contribution is -0.124.